The summed E-state index contributed by atoms with van der Waals surface area (Å²) in [6.07, 6.45) is 0.958. The molecule has 2 N–H and O–H groups in total. The maximum Gasteiger partial charge on any atom is 0.319 e. The van der Waals surface area contributed by atoms with Crippen molar-refractivity contribution < 1.29 is 9.53 Å². The molecule has 1 aliphatic heterocycles. The molecule has 110 valence electrons. The minimum Gasteiger partial charge on any atom is -0.379 e. The van der Waals surface area contributed by atoms with E-state index in [1.165, 1.54) is 0 Å². The highest BCUT2D eigenvalue weighted by Crippen LogP contribution is 2.10. The zero-order valence-electron chi connectivity index (χ0n) is 11.4. The normalized spacial score (nSPS) is 15.8. The Bertz CT molecular complexity index is 419. The van der Waals surface area contributed by atoms with E-state index in [4.69, 9.17) is 4.74 Å². The summed E-state index contributed by atoms with van der Waals surface area (Å²) >= 11 is 2.24. The van der Waals surface area contributed by atoms with Gasteiger partial charge in [0.15, 0.2) is 0 Å². The number of nitrogens with one attached hydrogen (secondary N) is 2. The van der Waals surface area contributed by atoms with Gasteiger partial charge < -0.3 is 15.4 Å². The molecule has 1 heterocycles. The highest BCUT2D eigenvalue weighted by Gasteiger charge is 2.09. The van der Waals surface area contributed by atoms with Crippen molar-refractivity contribution in [1.29, 1.82) is 0 Å². The molecule has 2 rings (SSSR count). The molecule has 1 saturated heterocycles. The molecular weight excluding hydrogens is 369 g/mol. The fourth-order valence-electron chi connectivity index (χ4n) is 2.04. The summed E-state index contributed by atoms with van der Waals surface area (Å²) < 4.78 is 6.45. The Kier molecular flexibility index (Phi) is 6.55. The van der Waals surface area contributed by atoms with E-state index in [1.54, 1.807) is 0 Å². The predicted molar refractivity (Wildman–Crippen MR) is 88.1 cm³/mol. The number of carbonyl (C=O) groups excluding carboxylic acids is 1. The zero-order valence-corrected chi connectivity index (χ0v) is 13.6. The fraction of sp³-hybridized carbons (Fsp3) is 0.500. The molecule has 0 aromatic heterocycles. The first-order valence-electron chi connectivity index (χ1n) is 6.84. The molecule has 0 bridgehead atoms. The summed E-state index contributed by atoms with van der Waals surface area (Å²) in [5.74, 6) is 0. The molecule has 5 nitrogen and oxygen atoms in total. The third-order valence-corrected chi connectivity index (χ3v) is 3.86. The predicted octanol–water partition coefficient (Wildman–Crippen LogP) is 2.13. The van der Waals surface area contributed by atoms with E-state index in [1.807, 2.05) is 24.3 Å². The maximum absolute atomic E-state index is 11.7. The van der Waals surface area contributed by atoms with Gasteiger partial charge in [0.1, 0.15) is 0 Å². The Morgan fingerprint density at radius 1 is 1.25 bits per heavy atom. The number of nitrogens with zero attached hydrogens (tertiary/aromatic N) is 1. The van der Waals surface area contributed by atoms with Crippen LogP contribution in [0, 0.1) is 3.57 Å². The van der Waals surface area contributed by atoms with Crippen LogP contribution in [0.25, 0.3) is 0 Å². The lowest BCUT2D eigenvalue weighted by Crippen LogP contribution is -2.38. The number of anilines is 1. The average Bonchev–Trinajstić information content (AvgIpc) is 2.47. The van der Waals surface area contributed by atoms with Gasteiger partial charge in [-0.25, -0.2) is 4.79 Å². The number of halogens is 1. The van der Waals surface area contributed by atoms with Crippen molar-refractivity contribution in [2.24, 2.45) is 0 Å². The number of hydrogen-bond donors (Lipinski definition) is 2. The molecular formula is C14H20IN3O2. The van der Waals surface area contributed by atoms with Crippen LogP contribution in [0.2, 0.25) is 0 Å². The van der Waals surface area contributed by atoms with Gasteiger partial charge in [0, 0.05) is 28.9 Å². The van der Waals surface area contributed by atoms with Gasteiger partial charge in [-0.2, -0.15) is 0 Å². The quantitative estimate of drug-likeness (QED) is 0.600. The van der Waals surface area contributed by atoms with E-state index in [0.29, 0.717) is 6.54 Å². The van der Waals surface area contributed by atoms with Gasteiger partial charge in [-0.1, -0.05) is 0 Å². The first kappa shape index (κ1) is 15.5. The molecule has 0 unspecified atom stereocenters. The summed E-state index contributed by atoms with van der Waals surface area (Å²) in [6.45, 7) is 5.33. The summed E-state index contributed by atoms with van der Waals surface area (Å²) in [5, 5.41) is 5.70. The maximum atomic E-state index is 11.7. The van der Waals surface area contributed by atoms with Gasteiger partial charge in [0.05, 0.1) is 13.2 Å². The average molecular weight is 389 g/mol. The van der Waals surface area contributed by atoms with Crippen LogP contribution in [-0.4, -0.2) is 50.3 Å². The van der Waals surface area contributed by atoms with Crippen LogP contribution in [0.5, 0.6) is 0 Å². The number of hydrogen-bond acceptors (Lipinski definition) is 3. The molecule has 1 fully saturated rings. The summed E-state index contributed by atoms with van der Waals surface area (Å²) in [4.78, 5) is 14.1. The summed E-state index contributed by atoms with van der Waals surface area (Å²) in [5.41, 5.74) is 0.816. The van der Waals surface area contributed by atoms with Crippen molar-refractivity contribution in [2.75, 3.05) is 44.7 Å². The standard InChI is InChI=1S/C14H20IN3O2/c15-12-2-4-13(5-3-12)17-14(19)16-6-1-7-18-8-10-20-11-9-18/h2-5H,1,6-11H2,(H2,16,17,19). The molecule has 0 radical (unpaired) electrons. The van der Waals surface area contributed by atoms with Gasteiger partial charge in [0.25, 0.3) is 0 Å². The topological polar surface area (TPSA) is 53.6 Å². The Balaban J connectivity index is 1.59. The molecule has 1 aromatic rings. The lowest BCUT2D eigenvalue weighted by atomic mass is 10.3. The second kappa shape index (κ2) is 8.43. The molecule has 1 aromatic carbocycles. The van der Waals surface area contributed by atoms with Gasteiger partial charge in [-0.05, 0) is 59.8 Å². The monoisotopic (exact) mass is 389 g/mol. The van der Waals surface area contributed by atoms with Crippen LogP contribution >= 0.6 is 22.6 Å². The molecule has 1 aliphatic rings. The number of rotatable bonds is 5. The molecule has 0 atom stereocenters. The SMILES string of the molecule is O=C(NCCCN1CCOCC1)Nc1ccc(I)cc1. The van der Waals surface area contributed by atoms with E-state index < -0.39 is 0 Å². The van der Waals surface area contributed by atoms with Crippen molar-refractivity contribution in [2.45, 2.75) is 6.42 Å². The minimum absolute atomic E-state index is 0.145. The zero-order chi connectivity index (χ0) is 14.2. The van der Waals surface area contributed by atoms with Crippen molar-refractivity contribution in [3.05, 3.63) is 27.8 Å². The Morgan fingerprint density at radius 2 is 1.95 bits per heavy atom. The van der Waals surface area contributed by atoms with Crippen LogP contribution in [-0.2, 0) is 4.74 Å². The highest BCUT2D eigenvalue weighted by atomic mass is 127. The summed E-state index contributed by atoms with van der Waals surface area (Å²) in [6, 6.07) is 7.58. The highest BCUT2D eigenvalue weighted by molar-refractivity contribution is 14.1. The second-order valence-corrected chi connectivity index (χ2v) is 5.94. The third-order valence-electron chi connectivity index (χ3n) is 3.14. The van der Waals surface area contributed by atoms with Crippen LogP contribution < -0.4 is 10.6 Å². The number of morpholine rings is 1. The Hall–Kier alpha value is -0.860. The first-order chi connectivity index (χ1) is 9.74. The van der Waals surface area contributed by atoms with Gasteiger partial charge in [0.2, 0.25) is 0 Å². The largest absolute Gasteiger partial charge is 0.379 e. The number of carbonyl (C=O) groups is 1. The summed E-state index contributed by atoms with van der Waals surface area (Å²) in [7, 11) is 0. The van der Waals surface area contributed by atoms with Gasteiger partial charge in [-0.15, -0.1) is 0 Å². The van der Waals surface area contributed by atoms with Crippen molar-refractivity contribution in [1.82, 2.24) is 10.2 Å². The third kappa shape index (κ3) is 5.64. The van der Waals surface area contributed by atoms with E-state index in [-0.39, 0.29) is 6.03 Å². The lowest BCUT2D eigenvalue weighted by molar-refractivity contribution is 0.0375. The lowest BCUT2D eigenvalue weighted by Gasteiger charge is -2.26. The van der Waals surface area contributed by atoms with E-state index >= 15 is 0 Å². The number of amides is 2. The van der Waals surface area contributed by atoms with Crippen LogP contribution in [0.4, 0.5) is 10.5 Å². The fourth-order valence-corrected chi connectivity index (χ4v) is 2.40. The molecule has 0 aliphatic carbocycles. The Labute approximate surface area is 133 Å². The van der Waals surface area contributed by atoms with Gasteiger partial charge >= 0.3 is 6.03 Å². The molecule has 0 saturated carbocycles. The van der Waals surface area contributed by atoms with Crippen molar-refractivity contribution in [3.8, 4) is 0 Å². The molecule has 2 amide bonds. The number of urea groups is 1. The molecule has 20 heavy (non-hydrogen) atoms. The van der Waals surface area contributed by atoms with Crippen LogP contribution in [0.1, 0.15) is 6.42 Å². The minimum atomic E-state index is -0.145. The van der Waals surface area contributed by atoms with E-state index in [2.05, 4.69) is 38.1 Å². The van der Waals surface area contributed by atoms with E-state index in [9.17, 15) is 4.79 Å². The van der Waals surface area contributed by atoms with Crippen LogP contribution in [0.3, 0.4) is 0 Å². The smallest absolute Gasteiger partial charge is 0.319 e. The van der Waals surface area contributed by atoms with Crippen molar-refractivity contribution >= 4 is 34.3 Å². The molecule has 6 heteroatoms. The first-order valence-corrected chi connectivity index (χ1v) is 7.92. The Morgan fingerprint density at radius 3 is 2.65 bits per heavy atom. The number of ether oxygens (including phenoxy) is 1. The number of benzene rings is 1. The van der Waals surface area contributed by atoms with Crippen LogP contribution in [0.15, 0.2) is 24.3 Å². The van der Waals surface area contributed by atoms with Crippen molar-refractivity contribution in [3.63, 3.8) is 0 Å². The van der Waals surface area contributed by atoms with Gasteiger partial charge in [-0.3, -0.25) is 4.90 Å². The molecule has 0 spiro atoms. The second-order valence-electron chi connectivity index (χ2n) is 4.70. The van der Waals surface area contributed by atoms with E-state index in [0.717, 1.165) is 48.5 Å².